The summed E-state index contributed by atoms with van der Waals surface area (Å²) in [6, 6.07) is 0. The second kappa shape index (κ2) is 7.14. The lowest BCUT2D eigenvalue weighted by atomic mass is 9.60. The van der Waals surface area contributed by atoms with Crippen molar-refractivity contribution in [2.24, 2.45) is 17.3 Å². The van der Waals surface area contributed by atoms with Crippen LogP contribution in [0.25, 0.3) is 0 Å². The third-order valence-corrected chi connectivity index (χ3v) is 5.41. The summed E-state index contributed by atoms with van der Waals surface area (Å²) < 4.78 is 12.0. The lowest BCUT2D eigenvalue weighted by molar-refractivity contribution is -0.221. The van der Waals surface area contributed by atoms with E-state index in [1.165, 1.54) is 0 Å². The molecule has 4 heteroatoms. The Morgan fingerprint density at radius 1 is 1.45 bits per heavy atom. The van der Waals surface area contributed by atoms with Crippen LogP contribution in [-0.4, -0.2) is 30.1 Å². The third kappa shape index (κ3) is 3.54. The van der Waals surface area contributed by atoms with Crippen molar-refractivity contribution in [3.05, 3.63) is 12.2 Å². The molecule has 126 valence electrons. The van der Waals surface area contributed by atoms with E-state index in [1.54, 1.807) is 0 Å². The highest BCUT2D eigenvalue weighted by Crippen LogP contribution is 2.49. The molecule has 4 nitrogen and oxygen atoms in total. The van der Waals surface area contributed by atoms with Crippen molar-refractivity contribution < 1.29 is 19.4 Å². The van der Waals surface area contributed by atoms with E-state index in [9.17, 15) is 9.90 Å². The minimum absolute atomic E-state index is 0.0273. The first-order valence-corrected chi connectivity index (χ1v) is 8.55. The van der Waals surface area contributed by atoms with E-state index in [-0.39, 0.29) is 29.6 Å². The summed E-state index contributed by atoms with van der Waals surface area (Å²) in [5.74, 6) is -1.16. The predicted molar refractivity (Wildman–Crippen MR) is 85.5 cm³/mol. The Balaban J connectivity index is 2.15. The Labute approximate surface area is 133 Å². The fourth-order valence-electron chi connectivity index (χ4n) is 4.17. The summed E-state index contributed by atoms with van der Waals surface area (Å²) in [6.45, 7) is 11.1. The average molecular weight is 310 g/mol. The van der Waals surface area contributed by atoms with E-state index in [1.807, 2.05) is 6.92 Å². The SMILES string of the molecule is C=C1CC[C@H](OC2CCCCO2)C(C)(C)C1C(CC)C(=O)O. The molecule has 0 aromatic rings. The number of hydrogen-bond donors (Lipinski definition) is 1. The summed E-state index contributed by atoms with van der Waals surface area (Å²) in [4.78, 5) is 11.7. The van der Waals surface area contributed by atoms with Crippen molar-refractivity contribution in [3.8, 4) is 0 Å². The van der Waals surface area contributed by atoms with Gasteiger partial charge in [0.2, 0.25) is 0 Å². The van der Waals surface area contributed by atoms with E-state index >= 15 is 0 Å². The summed E-state index contributed by atoms with van der Waals surface area (Å²) in [6.07, 6.45) is 5.44. The molecule has 2 aliphatic rings. The van der Waals surface area contributed by atoms with Crippen LogP contribution in [0.3, 0.4) is 0 Å². The molecule has 0 aromatic heterocycles. The molecule has 1 saturated carbocycles. The standard InChI is InChI=1S/C18H30O4/c1-5-13(17(19)20)16-12(2)9-10-14(18(16,3)4)22-15-8-6-7-11-21-15/h13-16H,2,5-11H2,1,3-4H3,(H,19,20)/t13?,14-,15?,16?/m0/s1. The van der Waals surface area contributed by atoms with Crippen LogP contribution in [0.1, 0.15) is 59.3 Å². The van der Waals surface area contributed by atoms with E-state index in [0.29, 0.717) is 6.42 Å². The Hall–Kier alpha value is -0.870. The smallest absolute Gasteiger partial charge is 0.307 e. The molecule has 0 amide bonds. The number of aliphatic carboxylic acids is 1. The maximum atomic E-state index is 11.7. The van der Waals surface area contributed by atoms with Crippen LogP contribution in [0.15, 0.2) is 12.2 Å². The van der Waals surface area contributed by atoms with Gasteiger partial charge in [0.25, 0.3) is 0 Å². The number of carboxylic acid groups (broad SMARTS) is 1. The molecular formula is C18H30O4. The first-order chi connectivity index (χ1) is 10.4. The van der Waals surface area contributed by atoms with Crippen LogP contribution in [0.5, 0.6) is 0 Å². The first kappa shape index (κ1) is 17.5. The van der Waals surface area contributed by atoms with Gasteiger partial charge in [0.1, 0.15) is 0 Å². The molecule has 0 spiro atoms. The van der Waals surface area contributed by atoms with E-state index in [4.69, 9.17) is 9.47 Å². The Morgan fingerprint density at radius 2 is 2.18 bits per heavy atom. The van der Waals surface area contributed by atoms with Crippen LogP contribution in [0.2, 0.25) is 0 Å². The summed E-state index contributed by atoms with van der Waals surface area (Å²) in [7, 11) is 0. The molecule has 2 rings (SSSR count). The molecule has 1 aliphatic carbocycles. The zero-order valence-corrected chi connectivity index (χ0v) is 14.1. The normalized spacial score (nSPS) is 33.4. The third-order valence-electron chi connectivity index (χ3n) is 5.41. The van der Waals surface area contributed by atoms with Gasteiger partial charge in [0.05, 0.1) is 12.0 Å². The summed E-state index contributed by atoms with van der Waals surface area (Å²) in [5.41, 5.74) is 0.818. The Bertz CT molecular complexity index is 409. The number of rotatable bonds is 5. The van der Waals surface area contributed by atoms with Crippen LogP contribution >= 0.6 is 0 Å². The van der Waals surface area contributed by atoms with E-state index < -0.39 is 5.97 Å². The fraction of sp³-hybridized carbons (Fsp3) is 0.833. The Kier molecular flexibility index (Phi) is 5.67. The molecule has 1 aliphatic heterocycles. The predicted octanol–water partition coefficient (Wildman–Crippen LogP) is 4.00. The highest BCUT2D eigenvalue weighted by molar-refractivity contribution is 5.71. The lowest BCUT2D eigenvalue weighted by Gasteiger charge is -2.49. The van der Waals surface area contributed by atoms with Crippen molar-refractivity contribution >= 4 is 5.97 Å². The molecule has 22 heavy (non-hydrogen) atoms. The zero-order chi connectivity index (χ0) is 16.3. The van der Waals surface area contributed by atoms with Gasteiger partial charge < -0.3 is 14.6 Å². The molecular weight excluding hydrogens is 280 g/mol. The maximum absolute atomic E-state index is 11.7. The second-order valence-electron chi connectivity index (χ2n) is 7.27. The molecule has 0 radical (unpaired) electrons. The molecule has 3 unspecified atom stereocenters. The Morgan fingerprint density at radius 3 is 2.73 bits per heavy atom. The van der Waals surface area contributed by atoms with Gasteiger partial charge in [-0.05, 0) is 43.9 Å². The minimum Gasteiger partial charge on any atom is -0.481 e. The number of carbonyl (C=O) groups is 1. The van der Waals surface area contributed by atoms with E-state index in [2.05, 4.69) is 20.4 Å². The lowest BCUT2D eigenvalue weighted by Crippen LogP contribution is -2.49. The van der Waals surface area contributed by atoms with E-state index in [0.717, 1.165) is 44.3 Å². The summed E-state index contributed by atoms with van der Waals surface area (Å²) >= 11 is 0. The van der Waals surface area contributed by atoms with Gasteiger partial charge in [-0.3, -0.25) is 4.79 Å². The maximum Gasteiger partial charge on any atom is 0.307 e. The molecule has 1 heterocycles. The summed E-state index contributed by atoms with van der Waals surface area (Å²) in [5, 5.41) is 9.58. The molecule has 0 bridgehead atoms. The van der Waals surface area contributed by atoms with Gasteiger partial charge in [-0.1, -0.05) is 32.9 Å². The highest BCUT2D eigenvalue weighted by Gasteiger charge is 2.48. The zero-order valence-electron chi connectivity index (χ0n) is 14.1. The number of ether oxygens (including phenoxy) is 2. The van der Waals surface area contributed by atoms with Crippen molar-refractivity contribution in [2.75, 3.05) is 6.61 Å². The van der Waals surface area contributed by atoms with Crippen molar-refractivity contribution in [3.63, 3.8) is 0 Å². The van der Waals surface area contributed by atoms with Gasteiger partial charge in [0.15, 0.2) is 6.29 Å². The van der Waals surface area contributed by atoms with Gasteiger partial charge in [-0.2, -0.15) is 0 Å². The highest BCUT2D eigenvalue weighted by atomic mass is 16.7. The minimum atomic E-state index is -0.726. The quantitative estimate of drug-likeness (QED) is 0.780. The molecule has 2 fully saturated rings. The molecule has 0 aromatic carbocycles. The van der Waals surface area contributed by atoms with Crippen molar-refractivity contribution in [1.29, 1.82) is 0 Å². The fourth-order valence-corrected chi connectivity index (χ4v) is 4.17. The monoisotopic (exact) mass is 310 g/mol. The molecule has 4 atom stereocenters. The van der Waals surface area contributed by atoms with Crippen LogP contribution < -0.4 is 0 Å². The van der Waals surface area contributed by atoms with Crippen LogP contribution in [0.4, 0.5) is 0 Å². The van der Waals surface area contributed by atoms with Gasteiger partial charge in [-0.25, -0.2) is 0 Å². The van der Waals surface area contributed by atoms with Crippen LogP contribution in [-0.2, 0) is 14.3 Å². The first-order valence-electron chi connectivity index (χ1n) is 8.55. The average Bonchev–Trinajstić information content (AvgIpc) is 2.47. The van der Waals surface area contributed by atoms with Crippen LogP contribution in [0, 0.1) is 17.3 Å². The topological polar surface area (TPSA) is 55.8 Å². The van der Waals surface area contributed by atoms with Crippen molar-refractivity contribution in [1.82, 2.24) is 0 Å². The van der Waals surface area contributed by atoms with Crippen molar-refractivity contribution in [2.45, 2.75) is 71.7 Å². The van der Waals surface area contributed by atoms with Gasteiger partial charge >= 0.3 is 5.97 Å². The number of allylic oxidation sites excluding steroid dienone is 1. The number of hydrogen-bond acceptors (Lipinski definition) is 3. The molecule has 1 saturated heterocycles. The second-order valence-corrected chi connectivity index (χ2v) is 7.27. The molecule has 1 N–H and O–H groups in total. The number of carboxylic acids is 1. The largest absolute Gasteiger partial charge is 0.481 e. The van der Waals surface area contributed by atoms with Gasteiger partial charge in [-0.15, -0.1) is 0 Å². The van der Waals surface area contributed by atoms with Gasteiger partial charge in [0, 0.05) is 12.5 Å².